The van der Waals surface area contributed by atoms with Crippen molar-refractivity contribution in [1.82, 2.24) is 9.97 Å². The smallest absolute Gasteiger partial charge is 0.229 e. The molecule has 3 aromatic rings. The third-order valence-corrected chi connectivity index (χ3v) is 4.88. The Labute approximate surface area is 178 Å². The number of aliphatic hydroxyl groups excluding tert-OH is 1. The van der Waals surface area contributed by atoms with Gasteiger partial charge in [0.1, 0.15) is 5.82 Å². The Morgan fingerprint density at radius 3 is 2.27 bits per heavy atom. The van der Waals surface area contributed by atoms with Crippen LogP contribution in [0.4, 0.5) is 23.1 Å². The number of aryl methyl sites for hydroxylation is 2. The SMILES string of the molecule is CN=Cc1ccc(Nc2nccc(Nc3c(C)cc(C(O)C(C)C)cc3C)n2)cc1. The molecule has 0 saturated heterocycles. The van der Waals surface area contributed by atoms with E-state index in [-0.39, 0.29) is 5.92 Å². The van der Waals surface area contributed by atoms with Crippen LogP contribution in [0.15, 0.2) is 53.7 Å². The van der Waals surface area contributed by atoms with Crippen LogP contribution in [-0.2, 0) is 0 Å². The second-order valence-electron chi connectivity index (χ2n) is 7.74. The number of hydrogen-bond acceptors (Lipinski definition) is 6. The molecule has 6 heteroatoms. The topological polar surface area (TPSA) is 82.4 Å². The highest BCUT2D eigenvalue weighted by Crippen LogP contribution is 2.30. The van der Waals surface area contributed by atoms with Crippen molar-refractivity contribution in [3.05, 3.63) is 70.9 Å². The van der Waals surface area contributed by atoms with Gasteiger partial charge in [0.2, 0.25) is 5.95 Å². The molecular formula is C24H29N5O. The number of hydrogen-bond donors (Lipinski definition) is 3. The molecule has 30 heavy (non-hydrogen) atoms. The molecule has 0 fully saturated rings. The summed E-state index contributed by atoms with van der Waals surface area (Å²) < 4.78 is 0. The second-order valence-corrected chi connectivity index (χ2v) is 7.74. The molecule has 0 aliphatic heterocycles. The molecule has 6 nitrogen and oxygen atoms in total. The molecule has 2 aromatic carbocycles. The molecule has 0 aliphatic rings. The van der Waals surface area contributed by atoms with Crippen molar-refractivity contribution >= 4 is 29.4 Å². The molecule has 0 bridgehead atoms. The fourth-order valence-corrected chi connectivity index (χ4v) is 3.30. The van der Waals surface area contributed by atoms with E-state index in [0.29, 0.717) is 11.8 Å². The molecule has 1 heterocycles. The minimum Gasteiger partial charge on any atom is -0.388 e. The number of aliphatic hydroxyl groups is 1. The van der Waals surface area contributed by atoms with Crippen LogP contribution in [0.25, 0.3) is 0 Å². The first kappa shape index (κ1) is 21.5. The highest BCUT2D eigenvalue weighted by molar-refractivity contribution is 5.80. The molecule has 156 valence electrons. The Kier molecular flexibility index (Phi) is 6.79. The quantitative estimate of drug-likeness (QED) is 0.465. The van der Waals surface area contributed by atoms with Crippen LogP contribution >= 0.6 is 0 Å². The van der Waals surface area contributed by atoms with Crippen LogP contribution in [0.5, 0.6) is 0 Å². The summed E-state index contributed by atoms with van der Waals surface area (Å²) in [6.45, 7) is 8.10. The summed E-state index contributed by atoms with van der Waals surface area (Å²) in [5.41, 5.74) is 5.99. The van der Waals surface area contributed by atoms with E-state index in [1.165, 1.54) is 0 Å². The van der Waals surface area contributed by atoms with Crippen molar-refractivity contribution in [3.63, 3.8) is 0 Å². The van der Waals surface area contributed by atoms with E-state index in [1.54, 1.807) is 19.5 Å². The molecule has 3 N–H and O–H groups in total. The number of nitrogens with one attached hydrogen (secondary N) is 2. The van der Waals surface area contributed by atoms with Gasteiger partial charge in [-0.1, -0.05) is 38.1 Å². The van der Waals surface area contributed by atoms with Crippen molar-refractivity contribution in [3.8, 4) is 0 Å². The van der Waals surface area contributed by atoms with Gasteiger partial charge in [-0.2, -0.15) is 4.98 Å². The molecule has 3 rings (SSSR count). The largest absolute Gasteiger partial charge is 0.388 e. The number of rotatable bonds is 7. The minimum atomic E-state index is -0.471. The maximum absolute atomic E-state index is 10.4. The average Bonchev–Trinajstić information content (AvgIpc) is 2.72. The first-order valence-corrected chi connectivity index (χ1v) is 10.1. The lowest BCUT2D eigenvalue weighted by molar-refractivity contribution is 0.127. The molecular weight excluding hydrogens is 374 g/mol. The standard InChI is InChI=1S/C24H29N5O/c1-15(2)23(30)19-12-16(3)22(17(4)13-19)28-21-10-11-26-24(29-21)27-20-8-6-18(7-9-20)14-25-5/h6-15,23,30H,1-5H3,(H2,26,27,28,29). The van der Waals surface area contributed by atoms with Crippen LogP contribution in [0, 0.1) is 19.8 Å². The van der Waals surface area contributed by atoms with Crippen molar-refractivity contribution in [2.75, 3.05) is 17.7 Å². The zero-order valence-electron chi connectivity index (χ0n) is 18.1. The summed E-state index contributed by atoms with van der Waals surface area (Å²) in [6, 6.07) is 13.8. The average molecular weight is 404 g/mol. The Bertz CT molecular complexity index is 1010. The van der Waals surface area contributed by atoms with E-state index in [4.69, 9.17) is 0 Å². The third kappa shape index (κ3) is 5.21. The highest BCUT2D eigenvalue weighted by Gasteiger charge is 2.15. The zero-order chi connectivity index (χ0) is 21.7. The fraction of sp³-hybridized carbons (Fsp3) is 0.292. The third-order valence-electron chi connectivity index (χ3n) is 4.88. The van der Waals surface area contributed by atoms with Crippen LogP contribution in [0.3, 0.4) is 0 Å². The van der Waals surface area contributed by atoms with Gasteiger partial charge < -0.3 is 15.7 Å². The lowest BCUT2D eigenvalue weighted by atomic mass is 9.95. The predicted molar refractivity (Wildman–Crippen MR) is 124 cm³/mol. The van der Waals surface area contributed by atoms with Crippen LogP contribution in [0.1, 0.15) is 42.2 Å². The molecule has 0 saturated carbocycles. The molecule has 0 aliphatic carbocycles. The first-order valence-electron chi connectivity index (χ1n) is 10.1. The van der Waals surface area contributed by atoms with E-state index < -0.39 is 6.10 Å². The number of anilines is 4. The van der Waals surface area contributed by atoms with Crippen molar-refractivity contribution < 1.29 is 5.11 Å². The Hall–Kier alpha value is -3.25. The van der Waals surface area contributed by atoms with E-state index in [2.05, 4.69) is 25.6 Å². The van der Waals surface area contributed by atoms with Gasteiger partial charge in [0.25, 0.3) is 0 Å². The lowest BCUT2D eigenvalue weighted by Gasteiger charge is -2.19. The molecule has 0 spiro atoms. The van der Waals surface area contributed by atoms with E-state index in [0.717, 1.165) is 33.6 Å². The summed E-state index contributed by atoms with van der Waals surface area (Å²) in [6.07, 6.45) is 3.06. The highest BCUT2D eigenvalue weighted by atomic mass is 16.3. The monoisotopic (exact) mass is 403 g/mol. The predicted octanol–water partition coefficient (Wildman–Crippen LogP) is 5.32. The van der Waals surface area contributed by atoms with Gasteiger partial charge in [-0.25, -0.2) is 4.98 Å². The normalized spacial score (nSPS) is 12.4. The summed E-state index contributed by atoms with van der Waals surface area (Å²) in [7, 11) is 1.75. The van der Waals surface area contributed by atoms with Gasteiger partial charge in [-0.15, -0.1) is 0 Å². The van der Waals surface area contributed by atoms with Gasteiger partial charge in [-0.3, -0.25) is 4.99 Å². The Morgan fingerprint density at radius 2 is 1.67 bits per heavy atom. The van der Waals surface area contributed by atoms with Gasteiger partial charge >= 0.3 is 0 Å². The van der Waals surface area contributed by atoms with E-state index in [1.807, 2.05) is 70.2 Å². The molecule has 1 aromatic heterocycles. The van der Waals surface area contributed by atoms with Gasteiger partial charge in [0.05, 0.1) is 6.10 Å². The minimum absolute atomic E-state index is 0.168. The fourth-order valence-electron chi connectivity index (χ4n) is 3.30. The number of aliphatic imine (C=N–C) groups is 1. The van der Waals surface area contributed by atoms with E-state index >= 15 is 0 Å². The summed E-state index contributed by atoms with van der Waals surface area (Å²) in [5, 5.41) is 17.0. The number of nitrogens with zero attached hydrogens (tertiary/aromatic N) is 3. The summed E-state index contributed by atoms with van der Waals surface area (Å²) in [4.78, 5) is 12.9. The lowest BCUT2D eigenvalue weighted by Crippen LogP contribution is -2.08. The Balaban J connectivity index is 1.78. The maximum Gasteiger partial charge on any atom is 0.229 e. The van der Waals surface area contributed by atoms with Crippen LogP contribution in [0.2, 0.25) is 0 Å². The van der Waals surface area contributed by atoms with Crippen molar-refractivity contribution in [2.45, 2.75) is 33.8 Å². The summed E-state index contributed by atoms with van der Waals surface area (Å²) in [5.74, 6) is 1.38. The summed E-state index contributed by atoms with van der Waals surface area (Å²) >= 11 is 0. The molecule has 1 atom stereocenters. The second kappa shape index (κ2) is 9.50. The van der Waals surface area contributed by atoms with Crippen LogP contribution < -0.4 is 10.6 Å². The number of aromatic nitrogens is 2. The van der Waals surface area contributed by atoms with Gasteiger partial charge in [-0.05, 0) is 60.2 Å². The van der Waals surface area contributed by atoms with Crippen molar-refractivity contribution in [1.29, 1.82) is 0 Å². The maximum atomic E-state index is 10.4. The molecule has 0 amide bonds. The van der Waals surface area contributed by atoms with Crippen LogP contribution in [-0.4, -0.2) is 28.3 Å². The first-order chi connectivity index (χ1) is 14.4. The molecule has 1 unspecified atom stereocenters. The Morgan fingerprint density at radius 1 is 1.00 bits per heavy atom. The van der Waals surface area contributed by atoms with E-state index in [9.17, 15) is 5.11 Å². The number of benzene rings is 2. The van der Waals surface area contributed by atoms with Gasteiger partial charge in [0, 0.05) is 30.8 Å². The van der Waals surface area contributed by atoms with Crippen molar-refractivity contribution in [2.24, 2.45) is 10.9 Å². The zero-order valence-corrected chi connectivity index (χ0v) is 18.1. The van der Waals surface area contributed by atoms with Gasteiger partial charge in [0.15, 0.2) is 0 Å². The molecule has 0 radical (unpaired) electrons.